The van der Waals surface area contributed by atoms with Crippen LogP contribution in [0.4, 0.5) is 0 Å². The molecule has 0 aliphatic heterocycles. The van der Waals surface area contributed by atoms with Gasteiger partial charge in [0.1, 0.15) is 16.6 Å². The lowest BCUT2D eigenvalue weighted by molar-refractivity contribution is -0.163. The molecule has 1 aromatic carbocycles. The third kappa shape index (κ3) is 4.75. The van der Waals surface area contributed by atoms with Crippen molar-refractivity contribution in [2.24, 2.45) is 5.41 Å². The minimum Gasteiger partial charge on any atom is -0.465 e. The number of ether oxygens (including phenoxy) is 2. The second kappa shape index (κ2) is 7.80. The molecule has 0 bridgehead atoms. The maximum Gasteiger partial charge on any atom is 0.331 e. The summed E-state index contributed by atoms with van der Waals surface area (Å²) in [6.45, 7) is 8.90. The fraction of sp³-hybridized carbons (Fsp3) is 0.571. The van der Waals surface area contributed by atoms with Crippen molar-refractivity contribution in [3.63, 3.8) is 0 Å². The Balaban J connectivity index is 2.19. The van der Waals surface area contributed by atoms with E-state index in [1.807, 2.05) is 18.2 Å². The molecule has 1 saturated carbocycles. The van der Waals surface area contributed by atoms with E-state index in [-0.39, 0.29) is 18.9 Å². The third-order valence-corrected chi connectivity index (χ3v) is 4.71. The molecule has 0 spiro atoms. The van der Waals surface area contributed by atoms with E-state index >= 15 is 0 Å². The first kappa shape index (κ1) is 21.1. The van der Waals surface area contributed by atoms with Crippen LogP contribution in [-0.2, 0) is 29.4 Å². The zero-order valence-electron chi connectivity index (χ0n) is 16.8. The van der Waals surface area contributed by atoms with E-state index in [2.05, 4.69) is 5.32 Å². The highest BCUT2D eigenvalue weighted by Gasteiger charge is 2.57. The average Bonchev–Trinajstić information content (AvgIpc) is 3.41. The number of rotatable bonds is 8. The van der Waals surface area contributed by atoms with Gasteiger partial charge in [0, 0.05) is 0 Å². The second-order valence-electron chi connectivity index (χ2n) is 8.07. The lowest BCUT2D eigenvalue weighted by Gasteiger charge is -2.33. The van der Waals surface area contributed by atoms with Gasteiger partial charge in [-0.1, -0.05) is 30.3 Å². The summed E-state index contributed by atoms with van der Waals surface area (Å²) < 4.78 is 10.6. The summed E-state index contributed by atoms with van der Waals surface area (Å²) in [7, 11) is 0. The monoisotopic (exact) mass is 375 g/mol. The van der Waals surface area contributed by atoms with E-state index in [0.717, 1.165) is 0 Å². The summed E-state index contributed by atoms with van der Waals surface area (Å²) in [6.07, 6.45) is 0.974. The Morgan fingerprint density at radius 2 is 1.67 bits per heavy atom. The first-order valence-electron chi connectivity index (χ1n) is 9.30. The zero-order chi connectivity index (χ0) is 20.3. The van der Waals surface area contributed by atoms with Crippen molar-refractivity contribution in [2.45, 2.75) is 58.6 Å². The highest BCUT2D eigenvalue weighted by molar-refractivity contribution is 6.07. The highest BCUT2D eigenvalue weighted by Crippen LogP contribution is 2.47. The Morgan fingerprint density at radius 3 is 2.15 bits per heavy atom. The molecule has 1 N–H and O–H groups in total. The molecule has 1 aliphatic carbocycles. The van der Waals surface area contributed by atoms with Crippen LogP contribution in [-0.4, -0.2) is 36.5 Å². The van der Waals surface area contributed by atoms with Crippen molar-refractivity contribution < 1.29 is 23.9 Å². The first-order valence-corrected chi connectivity index (χ1v) is 9.30. The van der Waals surface area contributed by atoms with Crippen molar-refractivity contribution in [1.82, 2.24) is 5.32 Å². The molecular formula is C21H29NO5. The molecule has 1 aliphatic rings. The van der Waals surface area contributed by atoms with Gasteiger partial charge in [0.05, 0.1) is 13.2 Å². The quantitative estimate of drug-likeness (QED) is 0.556. The van der Waals surface area contributed by atoms with Crippen molar-refractivity contribution in [3.8, 4) is 0 Å². The fourth-order valence-electron chi connectivity index (χ4n) is 2.86. The van der Waals surface area contributed by atoms with Crippen molar-refractivity contribution in [1.29, 1.82) is 0 Å². The minimum atomic E-state index is -1.21. The van der Waals surface area contributed by atoms with Crippen LogP contribution in [0.15, 0.2) is 30.3 Å². The molecule has 2 rings (SSSR count). The van der Waals surface area contributed by atoms with Gasteiger partial charge in [-0.15, -0.1) is 0 Å². The van der Waals surface area contributed by atoms with Crippen molar-refractivity contribution in [3.05, 3.63) is 35.9 Å². The Morgan fingerprint density at radius 1 is 1.07 bits per heavy atom. The number of esters is 2. The fourth-order valence-corrected chi connectivity index (χ4v) is 2.86. The number of hydrogen-bond donors (Lipinski definition) is 1. The summed E-state index contributed by atoms with van der Waals surface area (Å²) in [5.74, 6) is -1.21. The molecule has 0 unspecified atom stereocenters. The summed E-state index contributed by atoms with van der Waals surface area (Å²) in [4.78, 5) is 37.7. The molecule has 0 aromatic heterocycles. The standard InChI is InChI=1S/C21H29NO5/c1-6-26-18(25)21(12-13-21)16(23)14-22-20(5,15-10-8-7-9-11-15)17(24)27-19(2,3)4/h7-11,22H,6,12-14H2,1-5H3/t20-/m0/s1. The van der Waals surface area contributed by atoms with Gasteiger partial charge < -0.3 is 9.47 Å². The van der Waals surface area contributed by atoms with Gasteiger partial charge >= 0.3 is 11.9 Å². The van der Waals surface area contributed by atoms with E-state index in [4.69, 9.17) is 9.47 Å². The topological polar surface area (TPSA) is 81.7 Å². The Bertz CT molecular complexity index is 703. The molecule has 27 heavy (non-hydrogen) atoms. The highest BCUT2D eigenvalue weighted by atomic mass is 16.6. The maximum absolute atomic E-state index is 12.9. The molecule has 0 heterocycles. The van der Waals surface area contributed by atoms with Gasteiger partial charge in [0.15, 0.2) is 5.78 Å². The Labute approximate surface area is 160 Å². The smallest absolute Gasteiger partial charge is 0.331 e. The predicted octanol–water partition coefficient (Wildman–Crippen LogP) is 2.75. The van der Waals surface area contributed by atoms with Gasteiger partial charge in [-0.3, -0.25) is 14.9 Å². The number of carbonyl (C=O) groups is 3. The van der Waals surface area contributed by atoms with Gasteiger partial charge in [-0.05, 0) is 53.0 Å². The van der Waals surface area contributed by atoms with E-state index < -0.39 is 28.5 Å². The number of Topliss-reactive ketones (excluding diaryl/α,β-unsaturated/α-hetero) is 1. The molecule has 0 amide bonds. The number of carbonyl (C=O) groups excluding carboxylic acids is 3. The number of ketones is 1. The molecule has 1 atom stereocenters. The largest absolute Gasteiger partial charge is 0.465 e. The van der Waals surface area contributed by atoms with Crippen molar-refractivity contribution in [2.75, 3.05) is 13.2 Å². The molecule has 1 aromatic rings. The van der Waals surface area contributed by atoms with Crippen LogP contribution >= 0.6 is 0 Å². The molecule has 0 saturated heterocycles. The van der Waals surface area contributed by atoms with Crippen LogP contribution in [0.5, 0.6) is 0 Å². The molecule has 6 heteroatoms. The summed E-state index contributed by atoms with van der Waals surface area (Å²) in [6, 6.07) is 9.11. The number of benzene rings is 1. The summed E-state index contributed by atoms with van der Waals surface area (Å²) >= 11 is 0. The number of nitrogens with one attached hydrogen (secondary N) is 1. The van der Waals surface area contributed by atoms with Gasteiger partial charge in [-0.2, -0.15) is 0 Å². The first-order chi connectivity index (χ1) is 12.5. The van der Waals surface area contributed by atoms with Crippen LogP contribution in [0.3, 0.4) is 0 Å². The Kier molecular flexibility index (Phi) is 6.10. The zero-order valence-corrected chi connectivity index (χ0v) is 16.8. The molecule has 0 radical (unpaired) electrons. The average molecular weight is 375 g/mol. The SMILES string of the molecule is CCOC(=O)C1(C(=O)CN[C@](C)(C(=O)OC(C)(C)C)c2ccccc2)CC1. The Hall–Kier alpha value is -2.21. The van der Waals surface area contributed by atoms with Crippen LogP contribution in [0.1, 0.15) is 53.0 Å². The van der Waals surface area contributed by atoms with Crippen LogP contribution in [0.2, 0.25) is 0 Å². The van der Waals surface area contributed by atoms with E-state index in [1.165, 1.54) is 0 Å². The summed E-state index contributed by atoms with van der Waals surface area (Å²) in [5.41, 5.74) is -2.25. The van der Waals surface area contributed by atoms with Gasteiger partial charge in [-0.25, -0.2) is 4.79 Å². The molecule has 6 nitrogen and oxygen atoms in total. The predicted molar refractivity (Wildman–Crippen MR) is 101 cm³/mol. The summed E-state index contributed by atoms with van der Waals surface area (Å²) in [5, 5.41) is 3.05. The third-order valence-electron chi connectivity index (χ3n) is 4.71. The van der Waals surface area contributed by atoms with Gasteiger partial charge in [0.25, 0.3) is 0 Å². The van der Waals surface area contributed by atoms with Crippen LogP contribution in [0.25, 0.3) is 0 Å². The second-order valence-corrected chi connectivity index (χ2v) is 8.07. The van der Waals surface area contributed by atoms with E-state index in [0.29, 0.717) is 18.4 Å². The molecule has 148 valence electrons. The molecule has 1 fully saturated rings. The van der Waals surface area contributed by atoms with Gasteiger partial charge in [0.2, 0.25) is 0 Å². The molecular weight excluding hydrogens is 346 g/mol. The van der Waals surface area contributed by atoms with E-state index in [1.54, 1.807) is 46.8 Å². The van der Waals surface area contributed by atoms with Crippen LogP contribution < -0.4 is 5.32 Å². The van der Waals surface area contributed by atoms with E-state index in [9.17, 15) is 14.4 Å². The maximum atomic E-state index is 12.9. The lowest BCUT2D eigenvalue weighted by Crippen LogP contribution is -2.52. The normalized spacial score (nSPS) is 17.5. The van der Waals surface area contributed by atoms with Crippen molar-refractivity contribution >= 4 is 17.7 Å². The van der Waals surface area contributed by atoms with Crippen LogP contribution in [0, 0.1) is 5.41 Å². The number of hydrogen-bond acceptors (Lipinski definition) is 6. The minimum absolute atomic E-state index is 0.122. The lowest BCUT2D eigenvalue weighted by atomic mass is 9.90.